The number of nitrogens with zero attached hydrogens (tertiary/aromatic N) is 1. The van der Waals surface area contributed by atoms with Gasteiger partial charge in [-0.3, -0.25) is 0 Å². The Bertz CT molecular complexity index is 163. The van der Waals surface area contributed by atoms with E-state index in [0.29, 0.717) is 0 Å². The van der Waals surface area contributed by atoms with Gasteiger partial charge in [-0.1, -0.05) is 6.92 Å². The monoisotopic (exact) mass is 182 g/mol. The van der Waals surface area contributed by atoms with Crippen LogP contribution in [0.25, 0.3) is 0 Å². The second-order valence-electron chi connectivity index (χ2n) is 4.99. The van der Waals surface area contributed by atoms with Crippen molar-refractivity contribution in [3.05, 3.63) is 0 Å². The third kappa shape index (κ3) is 2.68. The molecule has 2 nitrogen and oxygen atoms in total. The van der Waals surface area contributed by atoms with Crippen molar-refractivity contribution >= 4 is 0 Å². The summed E-state index contributed by atoms with van der Waals surface area (Å²) in [7, 11) is 2.27. The van der Waals surface area contributed by atoms with Gasteiger partial charge in [0, 0.05) is 19.1 Å². The maximum atomic E-state index is 3.55. The Morgan fingerprint density at radius 3 is 2.69 bits per heavy atom. The van der Waals surface area contributed by atoms with Crippen LogP contribution in [0.5, 0.6) is 0 Å². The molecule has 1 heterocycles. The zero-order valence-corrected chi connectivity index (χ0v) is 8.92. The smallest absolute Gasteiger partial charge is 0.0195 e. The molecule has 0 amide bonds. The number of hydrogen-bond acceptors (Lipinski definition) is 2. The van der Waals surface area contributed by atoms with Gasteiger partial charge in [-0.15, -0.1) is 0 Å². The van der Waals surface area contributed by atoms with E-state index in [1.807, 2.05) is 0 Å². The number of likely N-dealkylation sites (N-methyl/N-ethyl adjacent to an activating group) is 1. The first-order chi connectivity index (χ1) is 6.25. The summed E-state index contributed by atoms with van der Waals surface area (Å²) in [6, 6.07) is 0.777. The van der Waals surface area contributed by atoms with Gasteiger partial charge >= 0.3 is 0 Å². The van der Waals surface area contributed by atoms with Crippen LogP contribution >= 0.6 is 0 Å². The highest BCUT2D eigenvalue weighted by atomic mass is 15.1. The maximum absolute atomic E-state index is 3.55. The Balaban J connectivity index is 1.62. The average Bonchev–Trinajstić information content (AvgIpc) is 2.61. The van der Waals surface area contributed by atoms with Crippen LogP contribution in [0.15, 0.2) is 0 Å². The molecule has 2 fully saturated rings. The first-order valence-corrected chi connectivity index (χ1v) is 5.67. The number of rotatable bonds is 4. The van der Waals surface area contributed by atoms with Gasteiger partial charge in [0.15, 0.2) is 0 Å². The summed E-state index contributed by atoms with van der Waals surface area (Å²) in [5, 5.41) is 3.55. The highest BCUT2D eigenvalue weighted by molar-refractivity contribution is 4.86. The lowest BCUT2D eigenvalue weighted by Gasteiger charge is -2.20. The lowest BCUT2D eigenvalue weighted by molar-refractivity contribution is 0.285. The zero-order chi connectivity index (χ0) is 9.26. The van der Waals surface area contributed by atoms with Crippen molar-refractivity contribution < 1.29 is 0 Å². The molecule has 3 unspecified atom stereocenters. The largest absolute Gasteiger partial charge is 0.313 e. The van der Waals surface area contributed by atoms with Gasteiger partial charge in [0.05, 0.1) is 0 Å². The van der Waals surface area contributed by atoms with Crippen LogP contribution in [0.1, 0.15) is 26.2 Å². The molecule has 2 rings (SSSR count). The number of hydrogen-bond donors (Lipinski definition) is 1. The maximum Gasteiger partial charge on any atom is 0.0195 e. The van der Waals surface area contributed by atoms with E-state index < -0.39 is 0 Å². The number of nitrogens with one attached hydrogen (secondary N) is 1. The summed E-state index contributed by atoms with van der Waals surface area (Å²) in [4.78, 5) is 2.51. The summed E-state index contributed by atoms with van der Waals surface area (Å²) in [6.07, 6.45) is 4.21. The molecule has 1 saturated carbocycles. The normalized spacial score (nSPS) is 38.5. The average molecular weight is 182 g/mol. The molecule has 13 heavy (non-hydrogen) atoms. The van der Waals surface area contributed by atoms with E-state index in [1.165, 1.54) is 38.9 Å². The molecule has 76 valence electrons. The molecule has 1 N–H and O–H groups in total. The Kier molecular flexibility index (Phi) is 2.89. The van der Waals surface area contributed by atoms with Gasteiger partial charge < -0.3 is 10.2 Å². The minimum absolute atomic E-state index is 0.777. The molecular formula is C11H22N2. The molecular weight excluding hydrogens is 160 g/mol. The Morgan fingerprint density at radius 1 is 1.38 bits per heavy atom. The van der Waals surface area contributed by atoms with Gasteiger partial charge in [-0.05, 0) is 44.7 Å². The molecule has 0 aromatic heterocycles. The molecule has 0 bridgehead atoms. The molecule has 0 aromatic rings. The third-order valence-corrected chi connectivity index (χ3v) is 3.52. The lowest BCUT2D eigenvalue weighted by atomic mass is 10.2. The van der Waals surface area contributed by atoms with Gasteiger partial charge in [0.25, 0.3) is 0 Å². The van der Waals surface area contributed by atoms with Crippen LogP contribution in [0.2, 0.25) is 0 Å². The van der Waals surface area contributed by atoms with Crippen molar-refractivity contribution in [1.29, 1.82) is 0 Å². The van der Waals surface area contributed by atoms with Crippen molar-refractivity contribution in [2.24, 2.45) is 11.8 Å². The van der Waals surface area contributed by atoms with Crippen molar-refractivity contribution in [2.75, 3.05) is 26.7 Å². The van der Waals surface area contributed by atoms with E-state index in [1.54, 1.807) is 0 Å². The molecule has 0 aromatic carbocycles. The second kappa shape index (κ2) is 3.97. The fourth-order valence-electron chi connectivity index (χ4n) is 2.42. The Labute approximate surface area is 81.7 Å². The van der Waals surface area contributed by atoms with Crippen LogP contribution in [-0.4, -0.2) is 37.6 Å². The van der Waals surface area contributed by atoms with E-state index in [0.717, 1.165) is 17.9 Å². The summed E-state index contributed by atoms with van der Waals surface area (Å²) in [5.74, 6) is 2.00. The minimum atomic E-state index is 0.777. The first kappa shape index (κ1) is 9.47. The summed E-state index contributed by atoms with van der Waals surface area (Å²) in [6.45, 7) is 6.17. The molecule has 1 saturated heterocycles. The molecule has 1 aliphatic heterocycles. The molecule has 2 aliphatic rings. The van der Waals surface area contributed by atoms with Gasteiger partial charge in [-0.2, -0.15) is 0 Å². The van der Waals surface area contributed by atoms with Crippen molar-refractivity contribution in [2.45, 2.75) is 32.2 Å². The first-order valence-electron chi connectivity index (χ1n) is 5.67. The van der Waals surface area contributed by atoms with Crippen LogP contribution in [0, 0.1) is 11.8 Å². The highest BCUT2D eigenvalue weighted by Crippen LogP contribution is 2.37. The van der Waals surface area contributed by atoms with Crippen LogP contribution in [0.3, 0.4) is 0 Å². The van der Waals surface area contributed by atoms with Crippen LogP contribution in [-0.2, 0) is 0 Å². The summed E-state index contributed by atoms with van der Waals surface area (Å²) in [5.41, 5.74) is 0. The minimum Gasteiger partial charge on any atom is -0.313 e. The Hall–Kier alpha value is -0.0800. The standard InChI is InChI=1S/C11H22N2/c1-9-6-10(9)7-13(2)8-11-4-3-5-12-11/h9-12H,3-8H2,1-2H3. The van der Waals surface area contributed by atoms with E-state index >= 15 is 0 Å². The topological polar surface area (TPSA) is 15.3 Å². The summed E-state index contributed by atoms with van der Waals surface area (Å²) < 4.78 is 0. The van der Waals surface area contributed by atoms with Crippen molar-refractivity contribution in [1.82, 2.24) is 10.2 Å². The van der Waals surface area contributed by atoms with Crippen molar-refractivity contribution in [3.8, 4) is 0 Å². The third-order valence-electron chi connectivity index (χ3n) is 3.52. The van der Waals surface area contributed by atoms with E-state index in [4.69, 9.17) is 0 Å². The van der Waals surface area contributed by atoms with E-state index in [2.05, 4.69) is 24.2 Å². The molecule has 2 heteroatoms. The predicted octanol–water partition coefficient (Wildman–Crippen LogP) is 1.33. The molecule has 0 spiro atoms. The fraction of sp³-hybridized carbons (Fsp3) is 1.00. The van der Waals surface area contributed by atoms with E-state index in [9.17, 15) is 0 Å². The van der Waals surface area contributed by atoms with Crippen LogP contribution in [0.4, 0.5) is 0 Å². The lowest BCUT2D eigenvalue weighted by Crippen LogP contribution is -2.36. The quantitative estimate of drug-likeness (QED) is 0.705. The van der Waals surface area contributed by atoms with Gasteiger partial charge in [-0.25, -0.2) is 0 Å². The molecule has 3 atom stereocenters. The van der Waals surface area contributed by atoms with Crippen molar-refractivity contribution in [3.63, 3.8) is 0 Å². The van der Waals surface area contributed by atoms with Gasteiger partial charge in [0.1, 0.15) is 0 Å². The molecule has 0 radical (unpaired) electrons. The fourth-order valence-corrected chi connectivity index (χ4v) is 2.42. The SMILES string of the molecule is CC1CC1CN(C)CC1CCCN1. The summed E-state index contributed by atoms with van der Waals surface area (Å²) >= 11 is 0. The van der Waals surface area contributed by atoms with E-state index in [-0.39, 0.29) is 0 Å². The second-order valence-corrected chi connectivity index (χ2v) is 4.99. The Morgan fingerprint density at radius 2 is 2.15 bits per heavy atom. The zero-order valence-electron chi connectivity index (χ0n) is 8.92. The highest BCUT2D eigenvalue weighted by Gasteiger charge is 2.33. The molecule has 1 aliphatic carbocycles. The predicted molar refractivity (Wildman–Crippen MR) is 55.8 cm³/mol. The van der Waals surface area contributed by atoms with Crippen LogP contribution < -0.4 is 5.32 Å². The van der Waals surface area contributed by atoms with Gasteiger partial charge in [0.2, 0.25) is 0 Å².